The van der Waals surface area contributed by atoms with E-state index in [0.717, 1.165) is 0 Å². The third kappa shape index (κ3) is 23.1. The predicted molar refractivity (Wildman–Crippen MR) is 175 cm³/mol. The van der Waals surface area contributed by atoms with Gasteiger partial charge < -0.3 is 40.1 Å². The molecule has 0 saturated carbocycles. The number of carbonyl (C=O) groups excluding carboxylic acids is 2. The van der Waals surface area contributed by atoms with E-state index in [9.17, 15) is 9.59 Å². The van der Waals surface area contributed by atoms with Crippen LogP contribution in [-0.2, 0) is 23.7 Å². The molecule has 1 rings (SSSR count). The summed E-state index contributed by atoms with van der Waals surface area (Å²) in [7, 11) is 3.33. The average Bonchev–Trinajstić information content (AvgIpc) is 2.96. The third-order valence-electron chi connectivity index (χ3n) is 5.05. The fourth-order valence-electron chi connectivity index (χ4n) is 3.10. The van der Waals surface area contributed by atoms with Gasteiger partial charge in [0.2, 0.25) is 5.91 Å². The van der Waals surface area contributed by atoms with Crippen molar-refractivity contribution in [3.63, 3.8) is 0 Å². The Hall–Kier alpha value is -1.98. The molecule has 0 unspecified atom stereocenters. The molecule has 0 saturated heterocycles. The molecular formula is C31H51N3O7S2. The lowest BCUT2D eigenvalue weighted by molar-refractivity contribution is -0.121. The SMILES string of the molecule is CC(C)C#CCOCCNC(=O)CCCOCCOCCO[C@@H](COc1cccc(C(=O)NCCN)c1)SSC(C)(C)C. The summed E-state index contributed by atoms with van der Waals surface area (Å²) >= 11 is 0. The summed E-state index contributed by atoms with van der Waals surface area (Å²) in [5.74, 6) is 6.69. The van der Waals surface area contributed by atoms with Crippen molar-refractivity contribution in [2.24, 2.45) is 11.7 Å². The number of amides is 2. The Morgan fingerprint density at radius 2 is 1.72 bits per heavy atom. The summed E-state index contributed by atoms with van der Waals surface area (Å²) in [5, 5.41) is 5.59. The van der Waals surface area contributed by atoms with Crippen LogP contribution in [0.2, 0.25) is 0 Å². The standard InChI is InChI=1S/C31H51N3O7S2/c1-25(2)9-7-16-37-18-15-33-28(35)12-8-17-38-19-20-39-21-22-40-29(42-43-31(3,4)5)24-41-27-11-6-10-26(23-27)30(36)34-14-13-32/h6,10-11,23,25,29H,8,12-22,24,32H2,1-5H3,(H,33,35)(H,34,36)/t29-/m1/s1. The summed E-state index contributed by atoms with van der Waals surface area (Å²) < 4.78 is 28.6. The number of rotatable bonds is 23. The Bertz CT molecular complexity index is 965. The molecule has 43 heavy (non-hydrogen) atoms. The number of benzene rings is 1. The molecule has 0 fully saturated rings. The van der Waals surface area contributed by atoms with Gasteiger partial charge in [-0.3, -0.25) is 9.59 Å². The van der Waals surface area contributed by atoms with E-state index >= 15 is 0 Å². The van der Waals surface area contributed by atoms with Gasteiger partial charge in [0.1, 0.15) is 24.4 Å². The second-order valence-electron chi connectivity index (χ2n) is 10.7. The van der Waals surface area contributed by atoms with Gasteiger partial charge in [0.25, 0.3) is 5.91 Å². The molecular weight excluding hydrogens is 590 g/mol. The summed E-state index contributed by atoms with van der Waals surface area (Å²) in [6.45, 7) is 15.1. The first-order chi connectivity index (χ1) is 20.6. The molecule has 4 N–H and O–H groups in total. The molecule has 0 bridgehead atoms. The molecule has 0 aliphatic rings. The minimum atomic E-state index is -0.227. The molecule has 0 aliphatic carbocycles. The van der Waals surface area contributed by atoms with Crippen LogP contribution in [0.5, 0.6) is 5.75 Å². The van der Waals surface area contributed by atoms with Crippen LogP contribution in [0.4, 0.5) is 0 Å². The van der Waals surface area contributed by atoms with Gasteiger partial charge >= 0.3 is 0 Å². The van der Waals surface area contributed by atoms with Crippen LogP contribution in [0.25, 0.3) is 0 Å². The zero-order chi connectivity index (χ0) is 31.8. The summed E-state index contributed by atoms with van der Waals surface area (Å²) in [4.78, 5) is 24.1. The molecule has 244 valence electrons. The van der Waals surface area contributed by atoms with Crippen molar-refractivity contribution >= 4 is 33.4 Å². The van der Waals surface area contributed by atoms with Crippen molar-refractivity contribution in [2.75, 3.05) is 72.5 Å². The number of nitrogens with one attached hydrogen (secondary N) is 2. The molecule has 1 atom stereocenters. The van der Waals surface area contributed by atoms with Gasteiger partial charge in [0.05, 0.1) is 33.0 Å². The molecule has 2 amide bonds. The second-order valence-corrected chi connectivity index (χ2v) is 13.9. The topological polar surface area (TPSA) is 130 Å². The van der Waals surface area contributed by atoms with E-state index in [-0.39, 0.29) is 22.0 Å². The highest BCUT2D eigenvalue weighted by Gasteiger charge is 2.18. The molecule has 12 heteroatoms. The Balaban J connectivity index is 2.20. The largest absolute Gasteiger partial charge is 0.490 e. The van der Waals surface area contributed by atoms with Crippen molar-refractivity contribution in [1.82, 2.24) is 10.6 Å². The van der Waals surface area contributed by atoms with E-state index < -0.39 is 0 Å². The summed E-state index contributed by atoms with van der Waals surface area (Å²) in [6, 6.07) is 7.05. The number of ether oxygens (including phenoxy) is 5. The maximum Gasteiger partial charge on any atom is 0.251 e. The molecule has 0 spiro atoms. The first kappa shape index (κ1) is 39.0. The molecule has 0 heterocycles. The molecule has 10 nitrogen and oxygen atoms in total. The maximum absolute atomic E-state index is 12.2. The van der Waals surface area contributed by atoms with Crippen molar-refractivity contribution < 1.29 is 33.3 Å². The number of carbonyl (C=O) groups is 2. The molecule has 0 radical (unpaired) electrons. The van der Waals surface area contributed by atoms with Crippen LogP contribution in [0, 0.1) is 17.8 Å². The summed E-state index contributed by atoms with van der Waals surface area (Å²) in [5.41, 5.74) is 5.75. The maximum atomic E-state index is 12.2. The van der Waals surface area contributed by atoms with E-state index in [1.54, 1.807) is 39.8 Å². The van der Waals surface area contributed by atoms with E-state index in [4.69, 9.17) is 29.4 Å². The molecule has 1 aromatic rings. The van der Waals surface area contributed by atoms with Crippen molar-refractivity contribution in [1.29, 1.82) is 0 Å². The monoisotopic (exact) mass is 641 g/mol. The molecule has 0 aliphatic heterocycles. The minimum absolute atomic E-state index is 0.0180. The lowest BCUT2D eigenvalue weighted by Gasteiger charge is -2.22. The van der Waals surface area contributed by atoms with Gasteiger partial charge in [-0.15, -0.1) is 0 Å². The average molecular weight is 642 g/mol. The van der Waals surface area contributed by atoms with Crippen LogP contribution in [0.3, 0.4) is 0 Å². The van der Waals surface area contributed by atoms with Crippen LogP contribution >= 0.6 is 21.6 Å². The van der Waals surface area contributed by atoms with Gasteiger partial charge in [-0.1, -0.05) is 74.1 Å². The Morgan fingerprint density at radius 3 is 2.44 bits per heavy atom. The van der Waals surface area contributed by atoms with Crippen LogP contribution in [-0.4, -0.2) is 94.5 Å². The lowest BCUT2D eigenvalue weighted by atomic mass is 10.2. The van der Waals surface area contributed by atoms with Gasteiger partial charge in [0.15, 0.2) is 0 Å². The first-order valence-electron chi connectivity index (χ1n) is 14.8. The predicted octanol–water partition coefficient (Wildman–Crippen LogP) is 3.88. The fraction of sp³-hybridized carbons (Fsp3) is 0.677. The zero-order valence-corrected chi connectivity index (χ0v) is 28.0. The minimum Gasteiger partial charge on any atom is -0.490 e. The Morgan fingerprint density at radius 1 is 0.977 bits per heavy atom. The van der Waals surface area contributed by atoms with Gasteiger partial charge in [0, 0.05) is 48.9 Å². The van der Waals surface area contributed by atoms with Gasteiger partial charge in [-0.2, -0.15) is 0 Å². The highest BCUT2D eigenvalue weighted by Crippen LogP contribution is 2.38. The quantitative estimate of drug-likeness (QED) is 0.0701. The molecule has 0 aromatic heterocycles. The van der Waals surface area contributed by atoms with Crippen molar-refractivity contribution in [3.8, 4) is 17.6 Å². The van der Waals surface area contributed by atoms with Crippen LogP contribution in [0.1, 0.15) is 57.8 Å². The van der Waals surface area contributed by atoms with E-state index in [2.05, 4.69) is 43.2 Å². The normalized spacial score (nSPS) is 12.0. The highest BCUT2D eigenvalue weighted by atomic mass is 33.1. The Kier molecular flexibility index (Phi) is 22.1. The van der Waals surface area contributed by atoms with Crippen molar-refractivity contribution in [3.05, 3.63) is 29.8 Å². The summed E-state index contributed by atoms with van der Waals surface area (Å²) in [6.07, 6.45) is 1.04. The number of hydrogen-bond donors (Lipinski definition) is 3. The second kappa shape index (κ2) is 24.4. The highest BCUT2D eigenvalue weighted by molar-refractivity contribution is 8.77. The Labute approximate surface area is 266 Å². The first-order valence-corrected chi connectivity index (χ1v) is 17.0. The van der Waals surface area contributed by atoms with Gasteiger partial charge in [-0.05, 0) is 24.6 Å². The van der Waals surface area contributed by atoms with Gasteiger partial charge in [-0.25, -0.2) is 0 Å². The number of nitrogens with two attached hydrogens (primary N) is 1. The zero-order valence-electron chi connectivity index (χ0n) is 26.4. The lowest BCUT2D eigenvalue weighted by Crippen LogP contribution is -2.29. The third-order valence-corrected chi connectivity index (χ3v) is 8.56. The van der Waals surface area contributed by atoms with E-state index in [1.807, 2.05) is 19.9 Å². The van der Waals surface area contributed by atoms with E-state index in [0.29, 0.717) is 103 Å². The van der Waals surface area contributed by atoms with E-state index in [1.165, 1.54) is 0 Å². The molecule has 1 aromatic carbocycles. The van der Waals surface area contributed by atoms with Crippen molar-refractivity contribution in [2.45, 2.75) is 57.6 Å². The van der Waals surface area contributed by atoms with Crippen LogP contribution in [0.15, 0.2) is 24.3 Å². The fourth-order valence-corrected chi connectivity index (χ4v) is 5.29. The smallest absolute Gasteiger partial charge is 0.251 e. The number of hydrogen-bond acceptors (Lipinski definition) is 10. The van der Waals surface area contributed by atoms with Crippen LogP contribution < -0.4 is 21.1 Å².